The summed E-state index contributed by atoms with van der Waals surface area (Å²) < 4.78 is 26.7. The van der Waals surface area contributed by atoms with Gasteiger partial charge in [0, 0.05) is 12.8 Å². The molecule has 0 aromatic rings. The van der Waals surface area contributed by atoms with Crippen molar-refractivity contribution in [1.82, 2.24) is 5.32 Å². The fraction of sp³-hybridized carbons (Fsp3) is 0.659. The van der Waals surface area contributed by atoms with Crippen molar-refractivity contribution in [2.75, 3.05) is 19.8 Å². The van der Waals surface area contributed by atoms with Crippen molar-refractivity contribution in [1.29, 1.82) is 0 Å². The van der Waals surface area contributed by atoms with E-state index in [1.54, 1.807) is 0 Å². The number of nitrogens with one attached hydrogen (secondary N) is 1. The number of esters is 1. The van der Waals surface area contributed by atoms with E-state index in [1.165, 1.54) is 32.1 Å². The minimum absolute atomic E-state index is 0.142. The van der Waals surface area contributed by atoms with Gasteiger partial charge in [-0.3, -0.25) is 18.6 Å². The third-order valence-electron chi connectivity index (χ3n) is 8.51. The molecule has 0 heterocycles. The molecular weight excluding hydrogens is 733 g/mol. The molecule has 0 bridgehead atoms. The quantitative estimate of drug-likeness (QED) is 0.0204. The number of phosphoric ester groups is 1. The van der Waals surface area contributed by atoms with E-state index >= 15 is 0 Å². The van der Waals surface area contributed by atoms with Crippen LogP contribution in [0, 0.1) is 0 Å². The Labute approximate surface area is 338 Å². The van der Waals surface area contributed by atoms with Crippen LogP contribution in [0.15, 0.2) is 72.9 Å². The van der Waals surface area contributed by atoms with Crippen molar-refractivity contribution in [2.24, 2.45) is 0 Å². The molecule has 0 radical (unpaired) electrons. The van der Waals surface area contributed by atoms with Gasteiger partial charge in [0.05, 0.1) is 13.2 Å². The Hall–Kier alpha value is -3.08. The Morgan fingerprint density at radius 3 is 1.55 bits per heavy atom. The standard InChI is InChI=1S/C44H74NO10P/c1-3-5-7-9-11-13-14-15-16-17-18-19-20-21-22-23-24-25-26-28-30-32-34-36-43(48)53-37-40(46)38-54-56(51,52)55-39-41(44(49)50)45-42(47)35-33-31-29-27-12-10-8-6-4-2/h5,7,11,13,15-16,18-19,21-22,24-25,40-41,46H,3-4,6,8-10,12,14,17,20,23,26-39H2,1-2H3,(H,45,47)(H,49,50)(H,51,52)/b7-5-,13-11-,16-15-,19-18-,22-21-,25-24-. The number of hydrogen-bond donors (Lipinski definition) is 4. The second kappa shape index (κ2) is 38.8. The molecule has 12 heteroatoms. The minimum Gasteiger partial charge on any atom is -0.480 e. The Morgan fingerprint density at radius 2 is 1.04 bits per heavy atom. The molecule has 1 amide bonds. The highest BCUT2D eigenvalue weighted by atomic mass is 31.2. The first-order valence-corrected chi connectivity index (χ1v) is 22.5. The number of aliphatic hydroxyl groups excluding tert-OH is 1. The van der Waals surface area contributed by atoms with Crippen LogP contribution in [-0.2, 0) is 32.7 Å². The number of aliphatic carboxylic acids is 1. The summed E-state index contributed by atoms with van der Waals surface area (Å²) in [6.45, 7) is 2.39. The van der Waals surface area contributed by atoms with Gasteiger partial charge in [-0.05, 0) is 64.2 Å². The maximum absolute atomic E-state index is 12.2. The molecule has 0 saturated carbocycles. The predicted octanol–water partition coefficient (Wildman–Crippen LogP) is 10.6. The van der Waals surface area contributed by atoms with Crippen molar-refractivity contribution in [2.45, 2.75) is 167 Å². The summed E-state index contributed by atoms with van der Waals surface area (Å²) in [4.78, 5) is 45.7. The maximum Gasteiger partial charge on any atom is 0.472 e. The molecular formula is C44H74NO10P. The van der Waals surface area contributed by atoms with Gasteiger partial charge in [0.25, 0.3) is 0 Å². The summed E-state index contributed by atoms with van der Waals surface area (Å²) in [5.74, 6) is -2.41. The zero-order valence-electron chi connectivity index (χ0n) is 34.4. The summed E-state index contributed by atoms with van der Waals surface area (Å²) in [7, 11) is -4.76. The van der Waals surface area contributed by atoms with Crippen LogP contribution in [0.3, 0.4) is 0 Å². The number of hydrogen-bond acceptors (Lipinski definition) is 8. The molecule has 0 fully saturated rings. The Balaban J connectivity index is 3.93. The summed E-state index contributed by atoms with van der Waals surface area (Å²) in [5, 5.41) is 21.7. The van der Waals surface area contributed by atoms with Crippen LogP contribution in [-0.4, -0.2) is 64.9 Å². The fourth-order valence-electron chi connectivity index (χ4n) is 5.26. The van der Waals surface area contributed by atoms with E-state index in [2.05, 4.69) is 92.1 Å². The molecule has 0 saturated heterocycles. The van der Waals surface area contributed by atoms with Crippen molar-refractivity contribution < 1.29 is 47.8 Å². The summed E-state index contributed by atoms with van der Waals surface area (Å²) in [5.41, 5.74) is 0. The van der Waals surface area contributed by atoms with E-state index in [4.69, 9.17) is 13.8 Å². The van der Waals surface area contributed by atoms with Gasteiger partial charge in [-0.25, -0.2) is 9.36 Å². The Morgan fingerprint density at radius 1 is 0.589 bits per heavy atom. The van der Waals surface area contributed by atoms with Gasteiger partial charge in [0.1, 0.15) is 12.7 Å². The molecule has 0 spiro atoms. The molecule has 3 unspecified atom stereocenters. The summed E-state index contributed by atoms with van der Waals surface area (Å²) in [6, 6.07) is -1.55. The van der Waals surface area contributed by atoms with Gasteiger partial charge >= 0.3 is 19.8 Å². The zero-order valence-corrected chi connectivity index (χ0v) is 35.3. The molecule has 0 aliphatic heterocycles. The normalized spacial score (nSPS) is 14.5. The number of carboxylic acids is 1. The average molecular weight is 808 g/mol. The van der Waals surface area contributed by atoms with E-state index in [0.717, 1.165) is 83.5 Å². The number of carbonyl (C=O) groups is 3. The lowest BCUT2D eigenvalue weighted by atomic mass is 10.1. The first-order valence-electron chi connectivity index (χ1n) is 21.0. The average Bonchev–Trinajstić information content (AvgIpc) is 3.17. The smallest absolute Gasteiger partial charge is 0.472 e. The van der Waals surface area contributed by atoms with E-state index in [-0.39, 0.29) is 12.8 Å². The molecule has 3 atom stereocenters. The number of phosphoric acid groups is 1. The number of ether oxygens (including phenoxy) is 1. The molecule has 4 N–H and O–H groups in total. The monoisotopic (exact) mass is 808 g/mol. The van der Waals surface area contributed by atoms with E-state index < -0.39 is 57.6 Å². The highest BCUT2D eigenvalue weighted by Gasteiger charge is 2.28. The van der Waals surface area contributed by atoms with E-state index in [0.29, 0.717) is 12.8 Å². The number of allylic oxidation sites excluding steroid dienone is 12. The van der Waals surface area contributed by atoms with Crippen LogP contribution in [0.1, 0.15) is 155 Å². The lowest BCUT2D eigenvalue weighted by Gasteiger charge is -2.18. The van der Waals surface area contributed by atoms with Gasteiger partial charge in [0.2, 0.25) is 5.91 Å². The molecule has 0 rings (SSSR count). The van der Waals surface area contributed by atoms with Crippen LogP contribution in [0.2, 0.25) is 0 Å². The predicted molar refractivity (Wildman–Crippen MR) is 226 cm³/mol. The van der Waals surface area contributed by atoms with Crippen molar-refractivity contribution in [3.8, 4) is 0 Å². The third kappa shape index (κ3) is 37.8. The molecule has 11 nitrogen and oxygen atoms in total. The van der Waals surface area contributed by atoms with Gasteiger partial charge in [-0.2, -0.15) is 0 Å². The SMILES string of the molecule is CC/C=C\C/C=C\C/C=C\C/C=C\C/C=C\C/C=C\CCCCCCC(=O)OCC(O)COP(=O)(O)OCC(NC(=O)CCCCCCCCCCC)C(=O)O. The van der Waals surface area contributed by atoms with Gasteiger partial charge in [0.15, 0.2) is 6.04 Å². The molecule has 56 heavy (non-hydrogen) atoms. The number of carboxylic acid groups (broad SMARTS) is 1. The summed E-state index contributed by atoms with van der Waals surface area (Å²) in [6.07, 6.45) is 45.2. The highest BCUT2D eigenvalue weighted by molar-refractivity contribution is 7.47. The lowest BCUT2D eigenvalue weighted by Crippen LogP contribution is -2.43. The maximum atomic E-state index is 12.2. The molecule has 0 aromatic carbocycles. The Bertz CT molecular complexity index is 1230. The molecule has 0 aliphatic carbocycles. The first-order chi connectivity index (χ1) is 27.1. The van der Waals surface area contributed by atoms with Gasteiger partial charge in [-0.15, -0.1) is 0 Å². The highest BCUT2D eigenvalue weighted by Crippen LogP contribution is 2.43. The molecule has 0 aromatic heterocycles. The number of rotatable bonds is 38. The topological polar surface area (TPSA) is 169 Å². The Kier molecular flexibility index (Phi) is 36.6. The molecule has 320 valence electrons. The zero-order chi connectivity index (χ0) is 41.4. The second-order valence-corrected chi connectivity index (χ2v) is 15.3. The lowest BCUT2D eigenvalue weighted by molar-refractivity contribution is -0.147. The minimum atomic E-state index is -4.76. The van der Waals surface area contributed by atoms with Gasteiger partial charge in [-0.1, -0.05) is 151 Å². The summed E-state index contributed by atoms with van der Waals surface area (Å²) >= 11 is 0. The van der Waals surface area contributed by atoms with Crippen LogP contribution >= 0.6 is 7.82 Å². The van der Waals surface area contributed by atoms with Crippen LogP contribution in [0.4, 0.5) is 0 Å². The van der Waals surface area contributed by atoms with Crippen LogP contribution in [0.25, 0.3) is 0 Å². The van der Waals surface area contributed by atoms with Crippen LogP contribution in [0.5, 0.6) is 0 Å². The largest absolute Gasteiger partial charge is 0.480 e. The molecule has 0 aliphatic rings. The van der Waals surface area contributed by atoms with E-state index in [9.17, 15) is 34.1 Å². The number of aliphatic hydroxyl groups is 1. The van der Waals surface area contributed by atoms with Gasteiger partial charge < -0.3 is 25.2 Å². The van der Waals surface area contributed by atoms with Crippen molar-refractivity contribution in [3.05, 3.63) is 72.9 Å². The number of amides is 1. The first kappa shape index (κ1) is 52.9. The fourth-order valence-corrected chi connectivity index (χ4v) is 6.03. The third-order valence-corrected chi connectivity index (χ3v) is 9.46. The number of unbranched alkanes of at least 4 members (excludes halogenated alkanes) is 12. The van der Waals surface area contributed by atoms with Crippen LogP contribution < -0.4 is 5.32 Å². The van der Waals surface area contributed by atoms with E-state index in [1.807, 2.05) is 0 Å². The second-order valence-electron chi connectivity index (χ2n) is 13.8. The number of carbonyl (C=O) groups excluding carboxylic acids is 2. The van der Waals surface area contributed by atoms with Crippen molar-refractivity contribution in [3.63, 3.8) is 0 Å². The van der Waals surface area contributed by atoms with Crippen molar-refractivity contribution >= 4 is 25.7 Å².